The van der Waals surface area contributed by atoms with Crippen LogP contribution in [0.3, 0.4) is 0 Å². The van der Waals surface area contributed by atoms with E-state index in [0.717, 1.165) is 25.9 Å². The number of carboxylic acids is 1. The molecule has 0 bridgehead atoms. The van der Waals surface area contributed by atoms with Gasteiger partial charge in [0, 0.05) is 12.5 Å². The second kappa shape index (κ2) is 6.00. The van der Waals surface area contributed by atoms with Crippen molar-refractivity contribution in [1.29, 1.82) is 0 Å². The second-order valence-electron chi connectivity index (χ2n) is 5.14. The zero-order valence-corrected chi connectivity index (χ0v) is 10.4. The molecule has 100 valence electrons. The number of piperidine rings is 1. The smallest absolute Gasteiger partial charge is 0.310 e. The molecule has 0 radical (unpaired) electrons. The standard InChI is InChI=1S/C13H20N2O3/c16-12(7-9-3-5-14-6-4-9)15-11-2-1-10(8-11)13(17)18/h1-2,9-11,14H,3-8H2,(H,15,16)(H,17,18). The minimum atomic E-state index is -0.818. The maximum Gasteiger partial charge on any atom is 0.310 e. The Kier molecular flexibility index (Phi) is 4.36. The monoisotopic (exact) mass is 252 g/mol. The van der Waals surface area contributed by atoms with Crippen molar-refractivity contribution in [3.8, 4) is 0 Å². The Labute approximate surface area is 107 Å². The molecular formula is C13H20N2O3. The molecule has 2 rings (SSSR count). The average molecular weight is 252 g/mol. The van der Waals surface area contributed by atoms with Gasteiger partial charge >= 0.3 is 5.97 Å². The van der Waals surface area contributed by atoms with Crippen LogP contribution < -0.4 is 10.6 Å². The Bertz CT molecular complexity index is 348. The lowest BCUT2D eigenvalue weighted by atomic mass is 9.94. The first-order valence-electron chi connectivity index (χ1n) is 6.56. The second-order valence-corrected chi connectivity index (χ2v) is 5.14. The summed E-state index contributed by atoms with van der Waals surface area (Å²) in [6, 6.07) is -0.111. The Balaban J connectivity index is 1.72. The maximum absolute atomic E-state index is 11.8. The molecule has 0 aromatic rings. The highest BCUT2D eigenvalue weighted by Gasteiger charge is 2.26. The number of hydrogen-bond acceptors (Lipinski definition) is 3. The molecule has 1 amide bonds. The quantitative estimate of drug-likeness (QED) is 0.637. The molecule has 5 nitrogen and oxygen atoms in total. The minimum absolute atomic E-state index is 0.0441. The lowest BCUT2D eigenvalue weighted by molar-refractivity contribution is -0.140. The van der Waals surface area contributed by atoms with E-state index < -0.39 is 11.9 Å². The van der Waals surface area contributed by atoms with E-state index in [1.54, 1.807) is 12.2 Å². The summed E-state index contributed by atoms with van der Waals surface area (Å²) in [5, 5.41) is 15.0. The van der Waals surface area contributed by atoms with Crippen LogP contribution in [0.15, 0.2) is 12.2 Å². The van der Waals surface area contributed by atoms with Crippen molar-refractivity contribution in [3.63, 3.8) is 0 Å². The molecule has 2 aliphatic rings. The van der Waals surface area contributed by atoms with Crippen molar-refractivity contribution in [2.75, 3.05) is 13.1 Å². The lowest BCUT2D eigenvalue weighted by Crippen LogP contribution is -2.36. The first-order valence-corrected chi connectivity index (χ1v) is 6.56. The van der Waals surface area contributed by atoms with E-state index in [9.17, 15) is 9.59 Å². The third-order valence-corrected chi connectivity index (χ3v) is 3.68. The SMILES string of the molecule is O=C(CC1CCNCC1)NC1C=CC(C(=O)O)C1. The van der Waals surface area contributed by atoms with Crippen LogP contribution in [-0.4, -0.2) is 36.1 Å². The van der Waals surface area contributed by atoms with Gasteiger partial charge < -0.3 is 15.7 Å². The van der Waals surface area contributed by atoms with E-state index in [1.807, 2.05) is 0 Å². The predicted octanol–water partition coefficient (Wildman–Crippen LogP) is 0.522. The number of carbonyl (C=O) groups excluding carboxylic acids is 1. The minimum Gasteiger partial charge on any atom is -0.481 e. The fourth-order valence-electron chi connectivity index (χ4n) is 2.60. The van der Waals surface area contributed by atoms with E-state index in [-0.39, 0.29) is 11.9 Å². The number of hydrogen-bond donors (Lipinski definition) is 3. The van der Waals surface area contributed by atoms with Crippen LogP contribution in [-0.2, 0) is 9.59 Å². The highest BCUT2D eigenvalue weighted by Crippen LogP contribution is 2.19. The summed E-state index contributed by atoms with van der Waals surface area (Å²) in [5.41, 5.74) is 0. The molecule has 5 heteroatoms. The van der Waals surface area contributed by atoms with Gasteiger partial charge in [0.05, 0.1) is 5.92 Å². The average Bonchev–Trinajstić information content (AvgIpc) is 2.78. The normalized spacial score (nSPS) is 28.2. The predicted molar refractivity (Wildman–Crippen MR) is 67.0 cm³/mol. The third-order valence-electron chi connectivity index (χ3n) is 3.68. The number of aliphatic carboxylic acids is 1. The molecule has 1 saturated heterocycles. The van der Waals surface area contributed by atoms with E-state index in [0.29, 0.717) is 18.8 Å². The van der Waals surface area contributed by atoms with Crippen LogP contribution in [0.2, 0.25) is 0 Å². The Hall–Kier alpha value is -1.36. The Morgan fingerprint density at radius 1 is 1.28 bits per heavy atom. The Morgan fingerprint density at radius 2 is 2.00 bits per heavy atom. The van der Waals surface area contributed by atoms with Crippen molar-refractivity contribution < 1.29 is 14.7 Å². The van der Waals surface area contributed by atoms with Gasteiger partial charge in [-0.2, -0.15) is 0 Å². The van der Waals surface area contributed by atoms with Crippen LogP contribution in [0, 0.1) is 11.8 Å². The summed E-state index contributed by atoms with van der Waals surface area (Å²) in [4.78, 5) is 22.6. The number of nitrogens with one attached hydrogen (secondary N) is 2. The summed E-state index contributed by atoms with van der Waals surface area (Å²) >= 11 is 0. The molecule has 1 aliphatic heterocycles. The largest absolute Gasteiger partial charge is 0.481 e. The molecule has 2 atom stereocenters. The molecule has 1 aliphatic carbocycles. The topological polar surface area (TPSA) is 78.4 Å². The molecule has 0 aromatic heterocycles. The molecule has 2 unspecified atom stereocenters. The first kappa shape index (κ1) is 13.1. The number of carbonyl (C=O) groups is 2. The van der Waals surface area contributed by atoms with Crippen LogP contribution in [0.1, 0.15) is 25.7 Å². The van der Waals surface area contributed by atoms with Crippen molar-refractivity contribution in [1.82, 2.24) is 10.6 Å². The van der Waals surface area contributed by atoms with Crippen LogP contribution in [0.5, 0.6) is 0 Å². The molecule has 0 spiro atoms. The molecule has 0 aromatic carbocycles. The van der Waals surface area contributed by atoms with E-state index in [2.05, 4.69) is 10.6 Å². The van der Waals surface area contributed by atoms with Crippen molar-refractivity contribution in [2.24, 2.45) is 11.8 Å². The van der Waals surface area contributed by atoms with Gasteiger partial charge in [0.25, 0.3) is 0 Å². The molecule has 3 N–H and O–H groups in total. The van der Waals surface area contributed by atoms with Crippen molar-refractivity contribution >= 4 is 11.9 Å². The zero-order valence-electron chi connectivity index (χ0n) is 10.4. The van der Waals surface area contributed by atoms with Gasteiger partial charge in [-0.05, 0) is 38.3 Å². The fourth-order valence-corrected chi connectivity index (χ4v) is 2.60. The lowest BCUT2D eigenvalue weighted by Gasteiger charge is -2.22. The maximum atomic E-state index is 11.8. The van der Waals surface area contributed by atoms with Crippen LogP contribution in [0.25, 0.3) is 0 Å². The van der Waals surface area contributed by atoms with Gasteiger partial charge in [0.15, 0.2) is 0 Å². The molecule has 1 heterocycles. The highest BCUT2D eigenvalue weighted by molar-refractivity contribution is 5.78. The van der Waals surface area contributed by atoms with E-state index in [4.69, 9.17) is 5.11 Å². The van der Waals surface area contributed by atoms with Crippen molar-refractivity contribution in [3.05, 3.63) is 12.2 Å². The molecule has 18 heavy (non-hydrogen) atoms. The van der Waals surface area contributed by atoms with Gasteiger partial charge in [0.1, 0.15) is 0 Å². The number of amides is 1. The van der Waals surface area contributed by atoms with E-state index >= 15 is 0 Å². The summed E-state index contributed by atoms with van der Waals surface area (Å²) < 4.78 is 0. The van der Waals surface area contributed by atoms with Gasteiger partial charge in [0.2, 0.25) is 5.91 Å². The zero-order chi connectivity index (χ0) is 13.0. The van der Waals surface area contributed by atoms with Gasteiger partial charge in [-0.1, -0.05) is 12.2 Å². The van der Waals surface area contributed by atoms with Gasteiger partial charge in [-0.25, -0.2) is 0 Å². The summed E-state index contributed by atoms with van der Waals surface area (Å²) in [7, 11) is 0. The van der Waals surface area contributed by atoms with Crippen LogP contribution >= 0.6 is 0 Å². The molecule has 1 fully saturated rings. The number of carboxylic acid groups (broad SMARTS) is 1. The van der Waals surface area contributed by atoms with Crippen LogP contribution in [0.4, 0.5) is 0 Å². The summed E-state index contributed by atoms with van der Waals surface area (Å²) in [6.07, 6.45) is 6.59. The third kappa shape index (κ3) is 3.57. The summed E-state index contributed by atoms with van der Waals surface area (Å²) in [6.45, 7) is 1.98. The highest BCUT2D eigenvalue weighted by atomic mass is 16.4. The number of rotatable bonds is 4. The van der Waals surface area contributed by atoms with Gasteiger partial charge in [-0.3, -0.25) is 9.59 Å². The Morgan fingerprint density at radius 3 is 2.61 bits per heavy atom. The fraction of sp³-hybridized carbons (Fsp3) is 0.692. The molecule has 0 saturated carbocycles. The van der Waals surface area contributed by atoms with Gasteiger partial charge in [-0.15, -0.1) is 0 Å². The van der Waals surface area contributed by atoms with E-state index in [1.165, 1.54) is 0 Å². The molecular weight excluding hydrogens is 232 g/mol. The van der Waals surface area contributed by atoms with Crippen molar-refractivity contribution in [2.45, 2.75) is 31.7 Å². The summed E-state index contributed by atoms with van der Waals surface area (Å²) in [5.74, 6) is -0.759. The first-order chi connectivity index (χ1) is 8.65.